The summed E-state index contributed by atoms with van der Waals surface area (Å²) in [4.78, 5) is 4.41. The number of fused-ring (bicyclic) bond motifs is 1. The number of halogens is 1. The predicted octanol–water partition coefficient (Wildman–Crippen LogP) is 3.87. The second kappa shape index (κ2) is 5.20. The van der Waals surface area contributed by atoms with Crippen LogP contribution in [0.5, 0.6) is 0 Å². The van der Waals surface area contributed by atoms with E-state index in [1.54, 1.807) is 0 Å². The van der Waals surface area contributed by atoms with E-state index in [-0.39, 0.29) is 11.9 Å². The zero-order valence-electron chi connectivity index (χ0n) is 12.2. The fraction of sp³-hybridized carbons (Fsp3) is 0.235. The van der Waals surface area contributed by atoms with E-state index in [0.717, 1.165) is 23.0 Å². The molecule has 0 bridgehead atoms. The molecule has 3 nitrogen and oxygen atoms in total. The van der Waals surface area contributed by atoms with Crippen molar-refractivity contribution in [3.63, 3.8) is 0 Å². The highest BCUT2D eigenvalue weighted by atomic mass is 19.1. The monoisotopic (exact) mass is 283 g/mol. The van der Waals surface area contributed by atoms with Crippen LogP contribution in [-0.4, -0.2) is 9.55 Å². The SMILES string of the molecule is Cc1ccc2nc(N)n(C(C)Cc3ccc(F)cc3)c2c1. The lowest BCUT2D eigenvalue weighted by Crippen LogP contribution is -2.11. The van der Waals surface area contributed by atoms with E-state index in [2.05, 4.69) is 24.9 Å². The number of nitrogens with two attached hydrogens (primary N) is 1. The fourth-order valence-corrected chi connectivity index (χ4v) is 2.74. The predicted molar refractivity (Wildman–Crippen MR) is 83.7 cm³/mol. The Morgan fingerprint density at radius 1 is 1.19 bits per heavy atom. The summed E-state index contributed by atoms with van der Waals surface area (Å²) in [5, 5.41) is 0. The first-order valence-electron chi connectivity index (χ1n) is 7.03. The highest BCUT2D eigenvalue weighted by molar-refractivity contribution is 5.79. The van der Waals surface area contributed by atoms with Crippen LogP contribution in [0.4, 0.5) is 10.3 Å². The van der Waals surface area contributed by atoms with E-state index < -0.39 is 0 Å². The summed E-state index contributed by atoms with van der Waals surface area (Å²) in [6.45, 7) is 4.15. The molecule has 1 atom stereocenters. The average Bonchev–Trinajstić information content (AvgIpc) is 2.76. The van der Waals surface area contributed by atoms with Crippen molar-refractivity contribution in [3.8, 4) is 0 Å². The molecule has 4 heteroatoms. The van der Waals surface area contributed by atoms with Gasteiger partial charge in [0, 0.05) is 6.04 Å². The molecule has 108 valence electrons. The van der Waals surface area contributed by atoms with Gasteiger partial charge < -0.3 is 10.3 Å². The van der Waals surface area contributed by atoms with Crippen molar-refractivity contribution in [2.24, 2.45) is 0 Å². The number of nitrogen functional groups attached to an aromatic ring is 1. The number of hydrogen-bond acceptors (Lipinski definition) is 2. The Morgan fingerprint density at radius 2 is 1.90 bits per heavy atom. The van der Waals surface area contributed by atoms with Gasteiger partial charge in [0.15, 0.2) is 0 Å². The number of anilines is 1. The first kappa shape index (κ1) is 13.6. The van der Waals surface area contributed by atoms with Gasteiger partial charge in [0.05, 0.1) is 11.0 Å². The molecule has 2 N–H and O–H groups in total. The molecule has 0 spiro atoms. The van der Waals surface area contributed by atoms with Crippen molar-refractivity contribution in [1.82, 2.24) is 9.55 Å². The lowest BCUT2D eigenvalue weighted by molar-refractivity contribution is 0.565. The Bertz CT molecular complexity index is 775. The van der Waals surface area contributed by atoms with Gasteiger partial charge >= 0.3 is 0 Å². The molecule has 0 aliphatic heterocycles. The molecular weight excluding hydrogens is 265 g/mol. The van der Waals surface area contributed by atoms with Gasteiger partial charge in [-0.15, -0.1) is 0 Å². The molecule has 0 fully saturated rings. The minimum Gasteiger partial charge on any atom is -0.369 e. The van der Waals surface area contributed by atoms with Crippen LogP contribution in [0.1, 0.15) is 24.1 Å². The van der Waals surface area contributed by atoms with Crippen molar-refractivity contribution in [2.75, 3.05) is 5.73 Å². The Hall–Kier alpha value is -2.36. The quantitative estimate of drug-likeness (QED) is 0.793. The van der Waals surface area contributed by atoms with Crippen LogP contribution < -0.4 is 5.73 Å². The number of rotatable bonds is 3. The molecule has 1 unspecified atom stereocenters. The fourth-order valence-electron chi connectivity index (χ4n) is 2.74. The molecule has 0 aliphatic carbocycles. The van der Waals surface area contributed by atoms with Gasteiger partial charge in [-0.25, -0.2) is 9.37 Å². The average molecular weight is 283 g/mol. The molecular formula is C17H18FN3. The maximum absolute atomic E-state index is 13.0. The third-order valence-corrected chi connectivity index (χ3v) is 3.76. The molecule has 1 heterocycles. The van der Waals surface area contributed by atoms with Crippen LogP contribution in [0.2, 0.25) is 0 Å². The third-order valence-electron chi connectivity index (χ3n) is 3.76. The summed E-state index contributed by atoms with van der Waals surface area (Å²) in [7, 11) is 0. The Kier molecular flexibility index (Phi) is 3.37. The van der Waals surface area contributed by atoms with E-state index in [0.29, 0.717) is 5.95 Å². The van der Waals surface area contributed by atoms with Crippen LogP contribution in [0.3, 0.4) is 0 Å². The minimum atomic E-state index is -0.213. The van der Waals surface area contributed by atoms with Gasteiger partial charge in [0.2, 0.25) is 5.95 Å². The van der Waals surface area contributed by atoms with Crippen molar-refractivity contribution in [2.45, 2.75) is 26.3 Å². The van der Waals surface area contributed by atoms with Gasteiger partial charge in [-0.1, -0.05) is 18.2 Å². The molecule has 2 aromatic carbocycles. The largest absolute Gasteiger partial charge is 0.369 e. The van der Waals surface area contributed by atoms with Crippen molar-refractivity contribution < 1.29 is 4.39 Å². The van der Waals surface area contributed by atoms with Crippen LogP contribution >= 0.6 is 0 Å². The van der Waals surface area contributed by atoms with E-state index in [4.69, 9.17) is 5.73 Å². The van der Waals surface area contributed by atoms with Gasteiger partial charge in [0.1, 0.15) is 5.82 Å². The molecule has 21 heavy (non-hydrogen) atoms. The van der Waals surface area contributed by atoms with Gasteiger partial charge in [0.25, 0.3) is 0 Å². The summed E-state index contributed by atoms with van der Waals surface area (Å²) in [6.07, 6.45) is 0.782. The van der Waals surface area contributed by atoms with Gasteiger partial charge in [-0.2, -0.15) is 0 Å². The smallest absolute Gasteiger partial charge is 0.201 e. The minimum absolute atomic E-state index is 0.155. The van der Waals surface area contributed by atoms with E-state index in [1.165, 1.54) is 17.7 Å². The van der Waals surface area contributed by atoms with Gasteiger partial charge in [-0.3, -0.25) is 0 Å². The van der Waals surface area contributed by atoms with Crippen LogP contribution in [-0.2, 0) is 6.42 Å². The van der Waals surface area contributed by atoms with E-state index in [1.807, 2.05) is 28.8 Å². The van der Waals surface area contributed by atoms with Gasteiger partial charge in [-0.05, 0) is 55.7 Å². The highest BCUT2D eigenvalue weighted by Gasteiger charge is 2.14. The second-order valence-electron chi connectivity index (χ2n) is 5.51. The first-order chi connectivity index (χ1) is 10.0. The second-order valence-corrected chi connectivity index (χ2v) is 5.51. The molecule has 3 aromatic rings. The molecule has 0 radical (unpaired) electrons. The van der Waals surface area contributed by atoms with Crippen LogP contribution in [0, 0.1) is 12.7 Å². The standard InChI is InChI=1S/C17H18FN3/c1-11-3-8-15-16(9-11)21(17(19)20-15)12(2)10-13-4-6-14(18)7-5-13/h3-9,12H,10H2,1-2H3,(H2,19,20). The zero-order valence-corrected chi connectivity index (χ0v) is 12.2. The summed E-state index contributed by atoms with van der Waals surface area (Å²) < 4.78 is 15.0. The molecule has 3 rings (SSSR count). The third kappa shape index (κ3) is 2.61. The Labute approximate surface area is 123 Å². The first-order valence-corrected chi connectivity index (χ1v) is 7.03. The van der Waals surface area contributed by atoms with Crippen molar-refractivity contribution in [1.29, 1.82) is 0 Å². The summed E-state index contributed by atoms with van der Waals surface area (Å²) in [5.74, 6) is 0.305. The Balaban J connectivity index is 1.97. The topological polar surface area (TPSA) is 43.8 Å². The van der Waals surface area contributed by atoms with E-state index >= 15 is 0 Å². The normalized spacial score (nSPS) is 12.7. The summed E-state index contributed by atoms with van der Waals surface area (Å²) in [5.41, 5.74) is 10.3. The summed E-state index contributed by atoms with van der Waals surface area (Å²) in [6, 6.07) is 12.9. The number of nitrogens with zero attached hydrogens (tertiary/aromatic N) is 2. The zero-order chi connectivity index (χ0) is 15.0. The number of aromatic nitrogens is 2. The molecule has 0 amide bonds. The lowest BCUT2D eigenvalue weighted by atomic mass is 10.1. The van der Waals surface area contributed by atoms with Crippen molar-refractivity contribution >= 4 is 17.0 Å². The lowest BCUT2D eigenvalue weighted by Gasteiger charge is -2.16. The molecule has 0 aliphatic rings. The summed E-state index contributed by atoms with van der Waals surface area (Å²) >= 11 is 0. The van der Waals surface area contributed by atoms with Crippen molar-refractivity contribution in [3.05, 3.63) is 59.4 Å². The maximum atomic E-state index is 13.0. The molecule has 1 aromatic heterocycles. The van der Waals surface area contributed by atoms with Crippen LogP contribution in [0.25, 0.3) is 11.0 Å². The number of hydrogen-bond donors (Lipinski definition) is 1. The van der Waals surface area contributed by atoms with E-state index in [9.17, 15) is 4.39 Å². The molecule has 0 saturated carbocycles. The number of benzene rings is 2. The molecule has 0 saturated heterocycles. The number of imidazole rings is 1. The number of aryl methyl sites for hydroxylation is 1. The Morgan fingerprint density at radius 3 is 2.62 bits per heavy atom. The highest BCUT2D eigenvalue weighted by Crippen LogP contribution is 2.25. The van der Waals surface area contributed by atoms with Crippen LogP contribution in [0.15, 0.2) is 42.5 Å². The maximum Gasteiger partial charge on any atom is 0.201 e.